The molecular formula is C22H25N5O3S2. The first-order valence-corrected chi connectivity index (χ1v) is 12.3. The van der Waals surface area contributed by atoms with Crippen molar-refractivity contribution < 1.29 is 13.2 Å². The highest BCUT2D eigenvalue weighted by Crippen LogP contribution is 2.44. The molecule has 1 fully saturated rings. The molecule has 0 radical (unpaired) electrons. The Morgan fingerprint density at radius 1 is 1.19 bits per heavy atom. The molecule has 1 aromatic carbocycles. The molecule has 0 saturated carbocycles. The number of thiocarbonyl (C=S) groups is 1. The molecule has 0 bridgehead atoms. The predicted octanol–water partition coefficient (Wildman–Crippen LogP) is 3.58. The van der Waals surface area contributed by atoms with Crippen molar-refractivity contribution in [1.82, 2.24) is 15.3 Å². The van der Waals surface area contributed by atoms with Crippen LogP contribution in [-0.4, -0.2) is 36.9 Å². The van der Waals surface area contributed by atoms with Crippen LogP contribution in [0.5, 0.6) is 5.75 Å². The number of pyridine rings is 1. The third kappa shape index (κ3) is 4.28. The van der Waals surface area contributed by atoms with Crippen molar-refractivity contribution in [2.45, 2.75) is 25.9 Å². The molecule has 168 valence electrons. The number of sulfonamides is 1. The van der Waals surface area contributed by atoms with Crippen molar-refractivity contribution in [3.63, 3.8) is 0 Å². The molecule has 3 aromatic rings. The number of methoxy groups -OCH3 is 1. The zero-order valence-electron chi connectivity index (χ0n) is 18.2. The Kier molecular flexibility index (Phi) is 5.83. The van der Waals surface area contributed by atoms with Gasteiger partial charge >= 0.3 is 0 Å². The maximum Gasteiger partial charge on any atom is 0.229 e. The van der Waals surface area contributed by atoms with Gasteiger partial charge in [0.2, 0.25) is 10.0 Å². The zero-order valence-corrected chi connectivity index (χ0v) is 19.8. The molecule has 1 saturated heterocycles. The Bertz CT molecular complexity index is 1260. The van der Waals surface area contributed by atoms with Gasteiger partial charge in [-0.25, -0.2) is 8.42 Å². The van der Waals surface area contributed by atoms with Gasteiger partial charge in [0.05, 0.1) is 36.8 Å². The fraction of sp³-hybridized carbons (Fsp3) is 0.273. The molecular weight excluding hydrogens is 446 g/mol. The fourth-order valence-electron chi connectivity index (χ4n) is 4.13. The third-order valence-electron chi connectivity index (χ3n) is 5.36. The fourth-order valence-corrected chi connectivity index (χ4v) is 5.03. The molecule has 4 rings (SSSR count). The first kappa shape index (κ1) is 22.1. The van der Waals surface area contributed by atoms with Gasteiger partial charge in [0.1, 0.15) is 5.75 Å². The van der Waals surface area contributed by atoms with E-state index >= 15 is 0 Å². The quantitative estimate of drug-likeness (QED) is 0.473. The Labute approximate surface area is 193 Å². The van der Waals surface area contributed by atoms with E-state index in [1.807, 2.05) is 43.0 Å². The summed E-state index contributed by atoms with van der Waals surface area (Å²) in [4.78, 5) is 9.93. The van der Waals surface area contributed by atoms with E-state index < -0.39 is 10.0 Å². The summed E-state index contributed by atoms with van der Waals surface area (Å²) in [5, 5.41) is 3.94. The van der Waals surface area contributed by atoms with Crippen molar-refractivity contribution in [2.24, 2.45) is 0 Å². The van der Waals surface area contributed by atoms with Crippen molar-refractivity contribution >= 4 is 38.7 Å². The number of H-pyrrole nitrogens is 1. The summed E-state index contributed by atoms with van der Waals surface area (Å²) in [5.41, 5.74) is 5.10. The molecule has 3 N–H and O–H groups in total. The van der Waals surface area contributed by atoms with Crippen LogP contribution in [0.2, 0.25) is 0 Å². The molecule has 1 aliphatic heterocycles. The smallest absolute Gasteiger partial charge is 0.229 e. The third-order valence-corrected chi connectivity index (χ3v) is 6.27. The Morgan fingerprint density at radius 2 is 1.97 bits per heavy atom. The van der Waals surface area contributed by atoms with E-state index in [1.54, 1.807) is 18.3 Å². The van der Waals surface area contributed by atoms with Gasteiger partial charge in [0, 0.05) is 23.3 Å². The molecule has 0 unspecified atom stereocenters. The van der Waals surface area contributed by atoms with Crippen LogP contribution in [0.3, 0.4) is 0 Å². The number of aryl methyl sites for hydroxylation is 2. The minimum absolute atomic E-state index is 0.189. The van der Waals surface area contributed by atoms with Gasteiger partial charge in [-0.2, -0.15) is 0 Å². The lowest BCUT2D eigenvalue weighted by Crippen LogP contribution is -2.29. The van der Waals surface area contributed by atoms with Crippen molar-refractivity contribution in [3.05, 3.63) is 71.3 Å². The van der Waals surface area contributed by atoms with Crippen molar-refractivity contribution in [3.8, 4) is 5.75 Å². The summed E-state index contributed by atoms with van der Waals surface area (Å²) in [7, 11) is -2.00. The highest BCUT2D eigenvalue weighted by Gasteiger charge is 2.42. The summed E-state index contributed by atoms with van der Waals surface area (Å²) >= 11 is 5.75. The molecule has 10 heteroatoms. The number of hydrogen-bond acceptors (Lipinski definition) is 5. The van der Waals surface area contributed by atoms with Gasteiger partial charge in [-0.05, 0) is 68.0 Å². The summed E-state index contributed by atoms with van der Waals surface area (Å²) in [5.74, 6) is 0.420. The highest BCUT2D eigenvalue weighted by atomic mass is 32.2. The van der Waals surface area contributed by atoms with E-state index in [0.29, 0.717) is 16.5 Å². The number of hydrogen-bond donors (Lipinski definition) is 3. The Morgan fingerprint density at radius 3 is 2.56 bits per heavy atom. The number of aromatic nitrogens is 2. The number of rotatable bonds is 6. The maximum absolute atomic E-state index is 11.9. The number of benzene rings is 1. The monoisotopic (exact) mass is 471 g/mol. The van der Waals surface area contributed by atoms with E-state index in [0.717, 1.165) is 34.6 Å². The van der Waals surface area contributed by atoms with Gasteiger partial charge < -0.3 is 19.9 Å². The van der Waals surface area contributed by atoms with Crippen LogP contribution in [0.1, 0.15) is 34.7 Å². The maximum atomic E-state index is 11.9. The van der Waals surface area contributed by atoms with Gasteiger partial charge in [0.25, 0.3) is 0 Å². The second kappa shape index (κ2) is 8.44. The number of nitrogens with zero attached hydrogens (tertiary/aromatic N) is 2. The molecule has 2 aromatic heterocycles. The topological polar surface area (TPSA) is 99.3 Å². The van der Waals surface area contributed by atoms with Crippen LogP contribution in [-0.2, 0) is 10.0 Å². The molecule has 0 amide bonds. The van der Waals surface area contributed by atoms with Crippen molar-refractivity contribution in [2.75, 3.05) is 23.0 Å². The number of nitrogens with one attached hydrogen (secondary N) is 3. The SMILES string of the molecule is COc1ccc(N2C(=S)N[C@H](c3ccccn3)[C@@H]2c2cc(C)[nH]c2C)cc1NS(C)(=O)=O. The van der Waals surface area contributed by atoms with Gasteiger partial charge in [-0.1, -0.05) is 6.07 Å². The van der Waals surface area contributed by atoms with Crippen LogP contribution >= 0.6 is 12.2 Å². The van der Waals surface area contributed by atoms with Gasteiger partial charge in [-0.3, -0.25) is 9.71 Å². The van der Waals surface area contributed by atoms with E-state index in [-0.39, 0.29) is 12.1 Å². The van der Waals surface area contributed by atoms with Crippen LogP contribution in [0, 0.1) is 13.8 Å². The van der Waals surface area contributed by atoms with Crippen LogP contribution < -0.4 is 19.7 Å². The first-order chi connectivity index (χ1) is 15.2. The lowest BCUT2D eigenvalue weighted by molar-refractivity contribution is 0.417. The molecule has 8 nitrogen and oxygen atoms in total. The summed E-state index contributed by atoms with van der Waals surface area (Å²) in [6.07, 6.45) is 2.86. The molecule has 2 atom stereocenters. The van der Waals surface area contributed by atoms with Gasteiger partial charge in [0.15, 0.2) is 5.11 Å². The largest absolute Gasteiger partial charge is 0.495 e. The molecule has 0 spiro atoms. The highest BCUT2D eigenvalue weighted by molar-refractivity contribution is 7.92. The average molecular weight is 472 g/mol. The molecule has 3 heterocycles. The molecule has 1 aliphatic rings. The normalized spacial score (nSPS) is 18.5. The van der Waals surface area contributed by atoms with E-state index in [9.17, 15) is 8.42 Å². The van der Waals surface area contributed by atoms with Crippen LogP contribution in [0.4, 0.5) is 11.4 Å². The number of anilines is 2. The molecule has 0 aliphatic carbocycles. The van der Waals surface area contributed by atoms with E-state index in [4.69, 9.17) is 17.0 Å². The summed E-state index contributed by atoms with van der Waals surface area (Å²) < 4.78 is 31.7. The first-order valence-electron chi connectivity index (χ1n) is 10.0. The predicted molar refractivity (Wildman–Crippen MR) is 130 cm³/mol. The second-order valence-corrected chi connectivity index (χ2v) is 9.92. The average Bonchev–Trinajstić information content (AvgIpc) is 3.25. The Balaban J connectivity index is 1.85. The zero-order chi connectivity index (χ0) is 23.0. The lowest BCUT2D eigenvalue weighted by Gasteiger charge is -2.28. The summed E-state index contributed by atoms with van der Waals surface area (Å²) in [6.45, 7) is 4.04. The number of aromatic amines is 1. The second-order valence-electron chi connectivity index (χ2n) is 7.79. The van der Waals surface area contributed by atoms with Crippen molar-refractivity contribution in [1.29, 1.82) is 0 Å². The van der Waals surface area contributed by atoms with Crippen LogP contribution in [0.25, 0.3) is 0 Å². The molecule has 32 heavy (non-hydrogen) atoms. The number of ether oxygens (including phenoxy) is 1. The van der Waals surface area contributed by atoms with E-state index in [2.05, 4.69) is 26.1 Å². The summed E-state index contributed by atoms with van der Waals surface area (Å²) in [6, 6.07) is 12.8. The lowest BCUT2D eigenvalue weighted by atomic mass is 9.96. The van der Waals surface area contributed by atoms with Crippen LogP contribution in [0.15, 0.2) is 48.7 Å². The van der Waals surface area contributed by atoms with Gasteiger partial charge in [-0.15, -0.1) is 0 Å². The standard InChI is InChI=1S/C22H25N5O3S2/c1-13-11-16(14(2)24-13)21-20(17-7-5-6-10-23-17)25-22(31)27(21)15-8-9-19(30-3)18(12-15)26-32(4,28)29/h5-12,20-21,24,26H,1-4H3,(H,25,31)/t20-,21+/m1/s1. The minimum Gasteiger partial charge on any atom is -0.495 e. The Hall–Kier alpha value is -3.11. The van der Waals surface area contributed by atoms with E-state index in [1.165, 1.54) is 7.11 Å². The minimum atomic E-state index is -3.50.